The van der Waals surface area contributed by atoms with Crippen molar-refractivity contribution >= 4 is 5.65 Å². The maximum Gasteiger partial charge on any atom is 0.137 e. The number of nitrogens with zero attached hydrogens (tertiary/aromatic N) is 2. The molecule has 2 N–H and O–H groups in total. The van der Waals surface area contributed by atoms with Crippen LogP contribution in [0.5, 0.6) is 0 Å². The third-order valence-corrected chi connectivity index (χ3v) is 4.09. The lowest BCUT2D eigenvalue weighted by Gasteiger charge is -2.10. The lowest BCUT2D eigenvalue weighted by atomic mass is 9.99. The molecule has 0 spiro atoms. The van der Waals surface area contributed by atoms with E-state index in [4.69, 9.17) is 10.7 Å². The second kappa shape index (κ2) is 5.93. The van der Waals surface area contributed by atoms with Crippen LogP contribution in [0.25, 0.3) is 5.65 Å². The first-order valence-electron chi connectivity index (χ1n) is 7.86. The zero-order chi connectivity index (χ0) is 15.7. The lowest BCUT2D eigenvalue weighted by molar-refractivity contribution is 0.755. The molecule has 2 heterocycles. The van der Waals surface area contributed by atoms with Crippen molar-refractivity contribution in [2.45, 2.75) is 39.2 Å². The van der Waals surface area contributed by atoms with E-state index in [2.05, 4.69) is 42.5 Å². The summed E-state index contributed by atoms with van der Waals surface area (Å²) in [6.07, 6.45) is 2.85. The lowest BCUT2D eigenvalue weighted by Crippen LogP contribution is -2.11. The maximum absolute atomic E-state index is 6.18. The Morgan fingerprint density at radius 2 is 1.77 bits per heavy atom. The highest BCUT2D eigenvalue weighted by Crippen LogP contribution is 2.22. The van der Waals surface area contributed by atoms with Crippen LogP contribution >= 0.6 is 0 Å². The molecule has 0 aliphatic rings. The van der Waals surface area contributed by atoms with Gasteiger partial charge in [-0.25, -0.2) is 4.98 Å². The van der Waals surface area contributed by atoms with Crippen molar-refractivity contribution in [3.8, 4) is 0 Å². The molecule has 1 aromatic carbocycles. The summed E-state index contributed by atoms with van der Waals surface area (Å²) >= 11 is 0. The van der Waals surface area contributed by atoms with Crippen LogP contribution in [0.1, 0.15) is 55.2 Å². The normalized spacial score (nSPS) is 13.0. The van der Waals surface area contributed by atoms with Gasteiger partial charge in [-0.1, -0.05) is 44.2 Å². The summed E-state index contributed by atoms with van der Waals surface area (Å²) in [4.78, 5) is 4.77. The molecule has 0 radical (unpaired) electrons. The summed E-state index contributed by atoms with van der Waals surface area (Å²) in [5.74, 6) is 0.559. The number of hydrogen-bond acceptors (Lipinski definition) is 2. The quantitative estimate of drug-likeness (QED) is 0.788. The predicted octanol–water partition coefficient (Wildman–Crippen LogP) is 4.07. The van der Waals surface area contributed by atoms with Crippen LogP contribution in [0.2, 0.25) is 0 Å². The van der Waals surface area contributed by atoms with E-state index in [1.807, 2.05) is 31.3 Å². The van der Waals surface area contributed by atoms with E-state index in [0.717, 1.165) is 23.5 Å². The Hall–Kier alpha value is -2.13. The second-order valence-electron chi connectivity index (χ2n) is 6.23. The van der Waals surface area contributed by atoms with E-state index >= 15 is 0 Å². The number of nitrogens with two attached hydrogens (primary N) is 1. The minimum Gasteiger partial charge on any atom is -0.323 e. The molecule has 22 heavy (non-hydrogen) atoms. The maximum atomic E-state index is 6.18. The summed E-state index contributed by atoms with van der Waals surface area (Å²) in [5, 5.41) is 0. The van der Waals surface area contributed by atoms with E-state index in [1.54, 1.807) is 0 Å². The fraction of sp³-hybridized carbons (Fsp3) is 0.316. The first-order valence-corrected chi connectivity index (χ1v) is 7.86. The highest BCUT2D eigenvalue weighted by molar-refractivity contribution is 5.45. The Bertz CT molecular complexity index is 767. The number of pyridine rings is 1. The van der Waals surface area contributed by atoms with Gasteiger partial charge in [0.25, 0.3) is 0 Å². The average molecular weight is 293 g/mol. The minimum atomic E-state index is -0.0395. The van der Waals surface area contributed by atoms with Crippen LogP contribution in [0.15, 0.2) is 48.7 Å². The van der Waals surface area contributed by atoms with Crippen LogP contribution in [-0.2, 0) is 6.42 Å². The van der Waals surface area contributed by atoms with Gasteiger partial charge in [-0.3, -0.25) is 0 Å². The van der Waals surface area contributed by atoms with Gasteiger partial charge in [-0.05, 0) is 36.1 Å². The van der Waals surface area contributed by atoms with Gasteiger partial charge in [0.2, 0.25) is 0 Å². The number of rotatable bonds is 4. The number of imidazole rings is 1. The molecule has 3 aromatic rings. The van der Waals surface area contributed by atoms with Gasteiger partial charge in [-0.2, -0.15) is 0 Å². The summed E-state index contributed by atoms with van der Waals surface area (Å²) in [6.45, 7) is 6.44. The van der Waals surface area contributed by atoms with Crippen molar-refractivity contribution in [3.63, 3.8) is 0 Å². The summed E-state index contributed by atoms with van der Waals surface area (Å²) in [6, 6.07) is 14.8. The molecule has 1 unspecified atom stereocenters. The molecule has 3 nitrogen and oxygen atoms in total. The molecule has 1 atom stereocenters. The average Bonchev–Trinajstić information content (AvgIpc) is 2.85. The van der Waals surface area contributed by atoms with Crippen LogP contribution in [0, 0.1) is 0 Å². The number of hydrogen-bond donors (Lipinski definition) is 1. The zero-order valence-corrected chi connectivity index (χ0v) is 13.5. The van der Waals surface area contributed by atoms with Crippen LogP contribution in [0.3, 0.4) is 0 Å². The van der Waals surface area contributed by atoms with Gasteiger partial charge in [0.05, 0.1) is 11.4 Å². The molecule has 3 rings (SSSR count). The van der Waals surface area contributed by atoms with Gasteiger partial charge in [0.15, 0.2) is 0 Å². The highest BCUT2D eigenvalue weighted by Gasteiger charge is 2.15. The van der Waals surface area contributed by atoms with Crippen molar-refractivity contribution in [3.05, 3.63) is 71.2 Å². The molecular weight excluding hydrogens is 270 g/mol. The Kier molecular flexibility index (Phi) is 3.99. The van der Waals surface area contributed by atoms with Crippen molar-refractivity contribution in [2.75, 3.05) is 0 Å². The van der Waals surface area contributed by atoms with Gasteiger partial charge in [-0.15, -0.1) is 0 Å². The number of aromatic nitrogens is 2. The monoisotopic (exact) mass is 293 g/mol. The third kappa shape index (κ3) is 2.77. The van der Waals surface area contributed by atoms with Gasteiger partial charge in [0.1, 0.15) is 5.65 Å². The van der Waals surface area contributed by atoms with Crippen molar-refractivity contribution in [2.24, 2.45) is 5.73 Å². The number of fused-ring (bicyclic) bond motifs is 1. The highest BCUT2D eigenvalue weighted by atomic mass is 15.0. The molecule has 0 saturated carbocycles. The van der Waals surface area contributed by atoms with E-state index in [-0.39, 0.29) is 6.04 Å². The molecule has 0 aliphatic heterocycles. The molecule has 2 aromatic heterocycles. The van der Waals surface area contributed by atoms with Gasteiger partial charge >= 0.3 is 0 Å². The van der Waals surface area contributed by atoms with Crippen molar-refractivity contribution < 1.29 is 0 Å². The summed E-state index contributed by atoms with van der Waals surface area (Å²) in [7, 11) is 0. The largest absolute Gasteiger partial charge is 0.323 e. The van der Waals surface area contributed by atoms with E-state index in [0.29, 0.717) is 5.92 Å². The molecule has 3 heteroatoms. The molecule has 0 amide bonds. The van der Waals surface area contributed by atoms with E-state index < -0.39 is 0 Å². The molecular formula is C19H23N3. The summed E-state index contributed by atoms with van der Waals surface area (Å²) in [5.41, 5.74) is 12.0. The Labute approximate surface area is 131 Å². The minimum absolute atomic E-state index is 0.0395. The molecule has 114 valence electrons. The smallest absolute Gasteiger partial charge is 0.137 e. The zero-order valence-electron chi connectivity index (χ0n) is 13.5. The third-order valence-electron chi connectivity index (χ3n) is 4.09. The van der Waals surface area contributed by atoms with Crippen LogP contribution < -0.4 is 5.73 Å². The Morgan fingerprint density at radius 3 is 2.41 bits per heavy atom. The molecule has 0 bridgehead atoms. The standard InChI is InChI=1S/C19H23N3/c1-13(2)16-9-7-15(8-10-16)12-17-19(14(3)20)22-11-5-4-6-18(22)21-17/h4-11,13-14H,12,20H2,1-3H3. The second-order valence-corrected chi connectivity index (χ2v) is 6.23. The fourth-order valence-corrected chi connectivity index (χ4v) is 2.89. The van der Waals surface area contributed by atoms with Crippen molar-refractivity contribution in [1.82, 2.24) is 9.38 Å². The molecule has 0 aliphatic carbocycles. The van der Waals surface area contributed by atoms with Crippen LogP contribution in [0.4, 0.5) is 0 Å². The first kappa shape index (κ1) is 14.8. The first-order chi connectivity index (χ1) is 10.6. The van der Waals surface area contributed by atoms with Crippen molar-refractivity contribution in [1.29, 1.82) is 0 Å². The molecule has 0 saturated heterocycles. The van der Waals surface area contributed by atoms with Gasteiger partial charge < -0.3 is 10.1 Å². The van der Waals surface area contributed by atoms with E-state index in [1.165, 1.54) is 11.1 Å². The Balaban J connectivity index is 1.98. The Morgan fingerprint density at radius 1 is 1.05 bits per heavy atom. The fourth-order valence-electron chi connectivity index (χ4n) is 2.89. The number of benzene rings is 1. The van der Waals surface area contributed by atoms with Crippen LogP contribution in [-0.4, -0.2) is 9.38 Å². The topological polar surface area (TPSA) is 43.3 Å². The SMILES string of the molecule is CC(C)c1ccc(Cc2nc3ccccn3c2C(C)N)cc1. The summed E-state index contributed by atoms with van der Waals surface area (Å²) < 4.78 is 2.10. The predicted molar refractivity (Wildman–Crippen MR) is 91.1 cm³/mol. The van der Waals surface area contributed by atoms with E-state index in [9.17, 15) is 0 Å². The molecule has 0 fully saturated rings. The van der Waals surface area contributed by atoms with Gasteiger partial charge in [0, 0.05) is 18.7 Å².